The number of esters is 3. The zero-order valence-electron chi connectivity index (χ0n) is 25.4. The molecular formula is C32H39NO10. The van der Waals surface area contributed by atoms with Crippen molar-refractivity contribution in [1.29, 1.82) is 0 Å². The standard InChI is InChI=1S/C32H39NO10/c1-7-25(36)42-24-14-22-30(4,11-10-23(40-18(3)35)31(22,5)16-39-17(2)34)28-27(37)26-21(43-32(24,28)6)13-20(41-29(26)38)19-9-8-12-33-15-19/h8-9,12-13,15,22-24,27-28,37H,7,10-11,14,16H2,1-6H3. The Hall–Kier alpha value is -3.73. The van der Waals surface area contributed by atoms with Crippen molar-refractivity contribution >= 4 is 17.9 Å². The minimum Gasteiger partial charge on any atom is -0.482 e. The van der Waals surface area contributed by atoms with Crippen LogP contribution in [0.2, 0.25) is 0 Å². The fourth-order valence-corrected chi connectivity index (χ4v) is 8.08. The van der Waals surface area contributed by atoms with E-state index in [0.717, 1.165) is 0 Å². The molecule has 2 aromatic heterocycles. The summed E-state index contributed by atoms with van der Waals surface area (Å²) in [4.78, 5) is 54.5. The van der Waals surface area contributed by atoms with Gasteiger partial charge in [-0.15, -0.1) is 0 Å². The molecule has 5 rings (SSSR count). The number of hydrogen-bond acceptors (Lipinski definition) is 11. The van der Waals surface area contributed by atoms with E-state index in [1.165, 1.54) is 13.8 Å². The molecule has 0 spiro atoms. The highest BCUT2D eigenvalue weighted by molar-refractivity contribution is 5.69. The maximum Gasteiger partial charge on any atom is 0.345 e. The Kier molecular flexibility index (Phi) is 7.91. The largest absolute Gasteiger partial charge is 0.482 e. The third kappa shape index (κ3) is 5.11. The number of aromatic nitrogens is 1. The van der Waals surface area contributed by atoms with E-state index < -0.39 is 64.2 Å². The molecule has 0 bridgehead atoms. The Labute approximate surface area is 249 Å². The fraction of sp³-hybridized carbons (Fsp3) is 0.594. The van der Waals surface area contributed by atoms with Crippen LogP contribution < -0.4 is 10.4 Å². The number of rotatable bonds is 6. The van der Waals surface area contributed by atoms with Crippen molar-refractivity contribution in [2.24, 2.45) is 22.7 Å². The van der Waals surface area contributed by atoms with Crippen molar-refractivity contribution in [3.05, 3.63) is 46.6 Å². The second-order valence-corrected chi connectivity index (χ2v) is 12.7. The maximum atomic E-state index is 13.5. The van der Waals surface area contributed by atoms with Crippen LogP contribution in [0.3, 0.4) is 0 Å². The van der Waals surface area contributed by atoms with Crippen LogP contribution in [0.15, 0.2) is 39.8 Å². The van der Waals surface area contributed by atoms with Gasteiger partial charge in [0.05, 0.1) is 6.10 Å². The highest BCUT2D eigenvalue weighted by atomic mass is 16.6. The van der Waals surface area contributed by atoms with E-state index in [4.69, 9.17) is 23.4 Å². The van der Waals surface area contributed by atoms with E-state index in [-0.39, 0.29) is 42.4 Å². The second-order valence-electron chi connectivity index (χ2n) is 12.7. The lowest BCUT2D eigenvalue weighted by Crippen LogP contribution is -2.71. The molecule has 0 radical (unpaired) electrons. The van der Waals surface area contributed by atoms with Gasteiger partial charge >= 0.3 is 23.5 Å². The number of ether oxygens (including phenoxy) is 4. The number of fused-ring (bicyclic) bond motifs is 4. The Morgan fingerprint density at radius 3 is 2.49 bits per heavy atom. The number of carbonyl (C=O) groups excluding carboxylic acids is 3. The molecule has 2 aromatic rings. The first-order valence-corrected chi connectivity index (χ1v) is 14.7. The van der Waals surface area contributed by atoms with Crippen LogP contribution in [0.1, 0.15) is 78.9 Å². The number of aliphatic hydroxyl groups excluding tert-OH is 1. The van der Waals surface area contributed by atoms with Gasteiger partial charge in [0.1, 0.15) is 41.5 Å². The molecule has 0 aromatic carbocycles. The Morgan fingerprint density at radius 2 is 1.86 bits per heavy atom. The van der Waals surface area contributed by atoms with E-state index in [0.29, 0.717) is 18.4 Å². The molecule has 8 unspecified atom stereocenters. The number of carbonyl (C=O) groups is 3. The molecular weight excluding hydrogens is 558 g/mol. The van der Waals surface area contributed by atoms with Crippen molar-refractivity contribution in [2.45, 2.75) is 91.1 Å². The molecule has 2 saturated carbocycles. The van der Waals surface area contributed by atoms with Crippen LogP contribution in [0.25, 0.3) is 11.3 Å². The van der Waals surface area contributed by atoms with Gasteiger partial charge in [-0.05, 0) is 49.7 Å². The lowest BCUT2D eigenvalue weighted by atomic mass is 9.42. The molecule has 8 atom stereocenters. The SMILES string of the molecule is CCC(=O)OC1CC2C(C)(COC(C)=O)C(OC(C)=O)CCC2(C)C2C(O)c3c(cc(-c4cccnc4)oc3=O)OC12C. The normalized spacial score (nSPS) is 34.4. The van der Waals surface area contributed by atoms with E-state index >= 15 is 0 Å². The van der Waals surface area contributed by atoms with E-state index in [2.05, 4.69) is 4.98 Å². The molecule has 0 saturated heterocycles. The summed E-state index contributed by atoms with van der Waals surface area (Å²) in [6.07, 6.45) is 1.67. The first-order chi connectivity index (χ1) is 20.2. The lowest BCUT2D eigenvalue weighted by Gasteiger charge is -2.66. The van der Waals surface area contributed by atoms with Gasteiger partial charge in [0.15, 0.2) is 0 Å². The average Bonchev–Trinajstić information content (AvgIpc) is 2.94. The predicted octanol–water partition coefficient (Wildman–Crippen LogP) is 4.15. The molecule has 2 aliphatic carbocycles. The van der Waals surface area contributed by atoms with Crippen molar-refractivity contribution < 1.29 is 42.9 Å². The molecule has 2 fully saturated rings. The van der Waals surface area contributed by atoms with Crippen LogP contribution in [0.5, 0.6) is 5.75 Å². The smallest absolute Gasteiger partial charge is 0.345 e. The quantitative estimate of drug-likeness (QED) is 0.378. The lowest BCUT2D eigenvalue weighted by molar-refractivity contribution is -0.271. The minimum atomic E-state index is -1.34. The third-order valence-corrected chi connectivity index (χ3v) is 9.98. The molecule has 43 heavy (non-hydrogen) atoms. The van der Waals surface area contributed by atoms with E-state index in [1.807, 2.05) is 13.8 Å². The summed E-state index contributed by atoms with van der Waals surface area (Å²) >= 11 is 0. The van der Waals surface area contributed by atoms with Crippen molar-refractivity contribution in [2.75, 3.05) is 6.61 Å². The fourth-order valence-electron chi connectivity index (χ4n) is 8.08. The molecule has 1 N–H and O–H groups in total. The van der Waals surface area contributed by atoms with Gasteiger partial charge in [-0.25, -0.2) is 4.79 Å². The van der Waals surface area contributed by atoms with Gasteiger partial charge < -0.3 is 28.5 Å². The summed E-state index contributed by atoms with van der Waals surface area (Å²) in [5.74, 6) is -2.15. The predicted molar refractivity (Wildman–Crippen MR) is 152 cm³/mol. The summed E-state index contributed by atoms with van der Waals surface area (Å²) in [6.45, 7) is 9.99. The summed E-state index contributed by atoms with van der Waals surface area (Å²) in [6, 6.07) is 5.02. The van der Waals surface area contributed by atoms with Gasteiger partial charge in [0, 0.05) is 55.6 Å². The number of aliphatic hydroxyl groups is 1. The summed E-state index contributed by atoms with van der Waals surface area (Å²) in [5, 5.41) is 12.1. The van der Waals surface area contributed by atoms with Crippen LogP contribution in [-0.4, -0.2) is 52.4 Å². The van der Waals surface area contributed by atoms with Crippen molar-refractivity contribution in [3.8, 4) is 17.1 Å². The zero-order valence-corrected chi connectivity index (χ0v) is 25.4. The second kappa shape index (κ2) is 11.1. The zero-order chi connectivity index (χ0) is 31.3. The van der Waals surface area contributed by atoms with Crippen molar-refractivity contribution in [1.82, 2.24) is 4.98 Å². The van der Waals surface area contributed by atoms with Crippen LogP contribution >= 0.6 is 0 Å². The molecule has 11 heteroatoms. The van der Waals surface area contributed by atoms with Gasteiger partial charge in [-0.3, -0.25) is 19.4 Å². The average molecular weight is 598 g/mol. The van der Waals surface area contributed by atoms with Gasteiger partial charge in [-0.1, -0.05) is 20.8 Å². The number of nitrogens with zero attached hydrogens (tertiary/aromatic N) is 1. The number of hydrogen-bond donors (Lipinski definition) is 1. The topological polar surface area (TPSA) is 151 Å². The Balaban J connectivity index is 1.67. The monoisotopic (exact) mass is 597 g/mol. The Bertz CT molecular complexity index is 1470. The Morgan fingerprint density at radius 1 is 1.12 bits per heavy atom. The van der Waals surface area contributed by atoms with Crippen LogP contribution in [0.4, 0.5) is 0 Å². The van der Waals surface area contributed by atoms with Crippen LogP contribution in [0, 0.1) is 22.7 Å². The third-order valence-electron chi connectivity index (χ3n) is 9.98. The van der Waals surface area contributed by atoms with Gasteiger partial charge in [-0.2, -0.15) is 0 Å². The molecule has 1 aliphatic heterocycles. The highest BCUT2D eigenvalue weighted by Crippen LogP contribution is 2.67. The molecule has 3 aliphatic rings. The summed E-state index contributed by atoms with van der Waals surface area (Å²) < 4.78 is 29.7. The van der Waals surface area contributed by atoms with Gasteiger partial charge in [0.25, 0.3) is 0 Å². The maximum absolute atomic E-state index is 13.5. The molecule has 0 amide bonds. The van der Waals surface area contributed by atoms with Crippen LogP contribution in [-0.2, 0) is 28.6 Å². The highest BCUT2D eigenvalue weighted by Gasteiger charge is 2.70. The summed E-state index contributed by atoms with van der Waals surface area (Å²) in [7, 11) is 0. The van der Waals surface area contributed by atoms with Gasteiger partial charge in [0.2, 0.25) is 0 Å². The molecule has 3 heterocycles. The minimum absolute atomic E-state index is 0.0126. The van der Waals surface area contributed by atoms with E-state index in [1.54, 1.807) is 44.4 Å². The van der Waals surface area contributed by atoms with E-state index in [9.17, 15) is 24.3 Å². The first kappa shape index (κ1) is 30.7. The van der Waals surface area contributed by atoms with Crippen molar-refractivity contribution in [3.63, 3.8) is 0 Å². The summed E-state index contributed by atoms with van der Waals surface area (Å²) in [5.41, 5.74) is -3.09. The molecule has 11 nitrogen and oxygen atoms in total. The first-order valence-electron chi connectivity index (χ1n) is 14.7. The number of pyridine rings is 1. The molecule has 232 valence electrons.